The fourth-order valence-electron chi connectivity index (χ4n) is 3.72. The van der Waals surface area contributed by atoms with Gasteiger partial charge in [0, 0.05) is 10.6 Å². The molecule has 22 heavy (non-hydrogen) atoms. The Balaban J connectivity index is 1.60. The molecule has 1 aromatic carbocycles. The molecule has 4 rings (SSSR count). The Morgan fingerprint density at radius 3 is 2.95 bits per heavy atom. The molecule has 3 atom stereocenters. The van der Waals surface area contributed by atoms with Crippen molar-refractivity contribution in [2.45, 2.75) is 32.2 Å². The third kappa shape index (κ3) is 1.88. The lowest BCUT2D eigenvalue weighted by Gasteiger charge is -2.10. The van der Waals surface area contributed by atoms with E-state index < -0.39 is 11.4 Å². The van der Waals surface area contributed by atoms with E-state index in [-0.39, 0.29) is 12.0 Å². The number of carboxylic acid groups (broad SMARTS) is 1. The summed E-state index contributed by atoms with van der Waals surface area (Å²) < 4.78 is 1.84. The Bertz CT molecular complexity index is 773. The van der Waals surface area contributed by atoms with Crippen LogP contribution in [-0.2, 0) is 4.79 Å². The van der Waals surface area contributed by atoms with Gasteiger partial charge in [0.25, 0.3) is 0 Å². The minimum Gasteiger partial charge on any atom is -0.481 e. The number of rotatable bonds is 3. The average molecular weight is 318 g/mol. The number of hydrogen-bond acceptors (Lipinski definition) is 3. The van der Waals surface area contributed by atoms with Crippen LogP contribution in [0.25, 0.3) is 11.3 Å². The Hall–Kier alpha value is -1.88. The standard InChI is InChI=1S/C16H16ClN3O2/c1-9-2-3-10(6-12(9)17)13-8-20(19-18-13)14-4-5-16(15(21)22)7-11(14)16/h2-3,6,8,11,14H,4-5,7H2,1H3,(H,21,22)/t11-,14-,16+/m1/s1. The molecule has 0 radical (unpaired) electrons. The fraction of sp³-hybridized carbons (Fsp3) is 0.438. The maximum absolute atomic E-state index is 11.4. The monoisotopic (exact) mass is 317 g/mol. The van der Waals surface area contributed by atoms with Crippen LogP contribution in [0.1, 0.15) is 30.9 Å². The lowest BCUT2D eigenvalue weighted by molar-refractivity contribution is -0.143. The molecule has 0 amide bonds. The van der Waals surface area contributed by atoms with Gasteiger partial charge in [0.05, 0.1) is 17.7 Å². The van der Waals surface area contributed by atoms with E-state index in [0.717, 1.165) is 36.1 Å². The number of benzene rings is 1. The quantitative estimate of drug-likeness (QED) is 0.942. The van der Waals surface area contributed by atoms with Crippen LogP contribution < -0.4 is 0 Å². The normalized spacial score (nSPS) is 29.4. The van der Waals surface area contributed by atoms with Crippen LogP contribution in [0.3, 0.4) is 0 Å². The highest BCUT2D eigenvalue weighted by molar-refractivity contribution is 6.31. The summed E-state index contributed by atoms with van der Waals surface area (Å²) in [6, 6.07) is 5.97. The summed E-state index contributed by atoms with van der Waals surface area (Å²) in [6.45, 7) is 1.96. The van der Waals surface area contributed by atoms with Gasteiger partial charge in [0.1, 0.15) is 5.69 Å². The SMILES string of the molecule is Cc1ccc(-c2cn([C@@H]3CC[C@]4(C(=O)O)C[C@H]34)nn2)cc1Cl. The summed E-state index contributed by atoms with van der Waals surface area (Å²) >= 11 is 6.16. The number of carbonyl (C=O) groups is 1. The number of nitrogens with zero attached hydrogens (tertiary/aromatic N) is 3. The van der Waals surface area contributed by atoms with Crippen molar-refractivity contribution in [3.63, 3.8) is 0 Å². The number of aliphatic carboxylic acids is 1. The van der Waals surface area contributed by atoms with Gasteiger partial charge in [-0.05, 0) is 43.7 Å². The molecule has 0 saturated heterocycles. The maximum Gasteiger partial charge on any atom is 0.310 e. The highest BCUT2D eigenvalue weighted by Crippen LogP contribution is 2.67. The molecule has 114 valence electrons. The van der Waals surface area contributed by atoms with Crippen LogP contribution in [0, 0.1) is 18.3 Å². The number of fused-ring (bicyclic) bond motifs is 1. The third-order valence-electron chi connectivity index (χ3n) is 5.23. The predicted molar refractivity (Wildman–Crippen MR) is 81.7 cm³/mol. The predicted octanol–water partition coefficient (Wildman–Crippen LogP) is 3.33. The van der Waals surface area contributed by atoms with E-state index in [0.29, 0.717) is 5.02 Å². The molecule has 0 unspecified atom stereocenters. The van der Waals surface area contributed by atoms with Crippen molar-refractivity contribution >= 4 is 17.6 Å². The zero-order chi connectivity index (χ0) is 15.5. The fourth-order valence-corrected chi connectivity index (χ4v) is 3.91. The van der Waals surface area contributed by atoms with Gasteiger partial charge in [-0.1, -0.05) is 28.9 Å². The third-order valence-corrected chi connectivity index (χ3v) is 5.64. The average Bonchev–Trinajstić information content (AvgIpc) is 2.87. The summed E-state index contributed by atoms with van der Waals surface area (Å²) in [5.74, 6) is -0.466. The van der Waals surface area contributed by atoms with Crippen LogP contribution in [0.15, 0.2) is 24.4 Å². The first-order chi connectivity index (χ1) is 10.5. The van der Waals surface area contributed by atoms with Crippen molar-refractivity contribution in [3.05, 3.63) is 35.0 Å². The van der Waals surface area contributed by atoms with Crippen LogP contribution in [0.2, 0.25) is 5.02 Å². The van der Waals surface area contributed by atoms with Gasteiger partial charge >= 0.3 is 5.97 Å². The minimum atomic E-state index is -0.661. The molecule has 1 aromatic heterocycles. The van der Waals surface area contributed by atoms with Gasteiger partial charge in [-0.15, -0.1) is 5.10 Å². The first-order valence-corrected chi connectivity index (χ1v) is 7.81. The highest BCUT2D eigenvalue weighted by atomic mass is 35.5. The summed E-state index contributed by atoms with van der Waals surface area (Å²) in [5.41, 5.74) is 2.23. The molecule has 2 aliphatic rings. The summed E-state index contributed by atoms with van der Waals surface area (Å²) in [6.07, 6.45) is 4.26. The van der Waals surface area contributed by atoms with Crippen LogP contribution >= 0.6 is 11.6 Å². The Kier molecular flexibility index (Phi) is 2.85. The van der Waals surface area contributed by atoms with Gasteiger partial charge in [-0.2, -0.15) is 0 Å². The molecular formula is C16H16ClN3O2. The molecule has 0 aliphatic heterocycles. The van der Waals surface area contributed by atoms with Crippen molar-refractivity contribution in [1.29, 1.82) is 0 Å². The molecule has 2 saturated carbocycles. The van der Waals surface area contributed by atoms with Gasteiger partial charge in [0.2, 0.25) is 0 Å². The largest absolute Gasteiger partial charge is 0.481 e. The zero-order valence-corrected chi connectivity index (χ0v) is 12.9. The molecule has 2 aliphatic carbocycles. The Morgan fingerprint density at radius 2 is 2.32 bits per heavy atom. The van der Waals surface area contributed by atoms with Gasteiger partial charge < -0.3 is 5.11 Å². The molecule has 0 bridgehead atoms. The van der Waals surface area contributed by atoms with E-state index in [2.05, 4.69) is 10.3 Å². The summed E-state index contributed by atoms with van der Waals surface area (Å²) in [7, 11) is 0. The van der Waals surface area contributed by atoms with E-state index in [1.54, 1.807) is 0 Å². The van der Waals surface area contributed by atoms with Gasteiger partial charge in [0.15, 0.2) is 0 Å². The molecule has 1 heterocycles. The first-order valence-electron chi connectivity index (χ1n) is 7.43. The molecule has 2 fully saturated rings. The smallest absolute Gasteiger partial charge is 0.310 e. The van der Waals surface area contributed by atoms with E-state index in [9.17, 15) is 9.90 Å². The number of aromatic nitrogens is 3. The summed E-state index contributed by atoms with van der Waals surface area (Å²) in [4.78, 5) is 11.4. The Morgan fingerprint density at radius 1 is 1.50 bits per heavy atom. The lowest BCUT2D eigenvalue weighted by atomic mass is 10.1. The van der Waals surface area contributed by atoms with Crippen molar-refractivity contribution in [1.82, 2.24) is 15.0 Å². The second-order valence-electron chi connectivity index (χ2n) is 6.43. The van der Waals surface area contributed by atoms with Crippen molar-refractivity contribution < 1.29 is 9.90 Å². The van der Waals surface area contributed by atoms with Crippen LogP contribution in [-0.4, -0.2) is 26.1 Å². The van der Waals surface area contributed by atoms with Gasteiger partial charge in [-0.3, -0.25) is 4.79 Å². The van der Waals surface area contributed by atoms with E-state index in [1.807, 2.05) is 36.0 Å². The molecule has 6 heteroatoms. The first kappa shape index (κ1) is 13.8. The van der Waals surface area contributed by atoms with Crippen molar-refractivity contribution in [2.75, 3.05) is 0 Å². The van der Waals surface area contributed by atoms with E-state index in [1.165, 1.54) is 0 Å². The number of aryl methyl sites for hydroxylation is 1. The zero-order valence-electron chi connectivity index (χ0n) is 12.2. The highest BCUT2D eigenvalue weighted by Gasteiger charge is 2.67. The van der Waals surface area contributed by atoms with Crippen LogP contribution in [0.4, 0.5) is 0 Å². The molecular weight excluding hydrogens is 302 g/mol. The molecule has 1 N–H and O–H groups in total. The summed E-state index contributed by atoms with van der Waals surface area (Å²) in [5, 5.41) is 18.5. The van der Waals surface area contributed by atoms with E-state index in [4.69, 9.17) is 11.6 Å². The topological polar surface area (TPSA) is 68.0 Å². The molecule has 0 spiro atoms. The number of carboxylic acids is 1. The number of halogens is 1. The number of hydrogen-bond donors (Lipinski definition) is 1. The lowest BCUT2D eigenvalue weighted by Crippen LogP contribution is -2.14. The maximum atomic E-state index is 11.4. The van der Waals surface area contributed by atoms with E-state index >= 15 is 0 Å². The Labute approximate surface area is 132 Å². The second kappa shape index (κ2) is 4.56. The minimum absolute atomic E-state index is 0.151. The van der Waals surface area contributed by atoms with Gasteiger partial charge in [-0.25, -0.2) is 4.68 Å². The molecule has 2 aromatic rings. The van der Waals surface area contributed by atoms with Crippen molar-refractivity contribution in [2.24, 2.45) is 11.3 Å². The van der Waals surface area contributed by atoms with Crippen molar-refractivity contribution in [3.8, 4) is 11.3 Å². The second-order valence-corrected chi connectivity index (χ2v) is 6.83. The van der Waals surface area contributed by atoms with Crippen LogP contribution in [0.5, 0.6) is 0 Å². The molecule has 5 nitrogen and oxygen atoms in total.